The van der Waals surface area contributed by atoms with E-state index in [4.69, 9.17) is 4.98 Å². The van der Waals surface area contributed by atoms with E-state index in [1.54, 1.807) is 12.1 Å². The molecule has 1 aromatic heterocycles. The maximum absolute atomic E-state index is 14.3. The summed E-state index contributed by atoms with van der Waals surface area (Å²) in [6, 6.07) is 23.8. The van der Waals surface area contributed by atoms with Crippen molar-refractivity contribution in [3.8, 4) is 0 Å². The van der Waals surface area contributed by atoms with Crippen LogP contribution >= 0.6 is 0 Å². The predicted octanol–water partition coefficient (Wildman–Crippen LogP) is 4.64. The molecule has 0 radical (unpaired) electrons. The number of nitrogens with one attached hydrogen (secondary N) is 1. The maximum atomic E-state index is 14.3. The van der Waals surface area contributed by atoms with Crippen molar-refractivity contribution < 1.29 is 9.18 Å². The SMILES string of the molecule is CC(NC(=O)Cc1ccccc1)c1nc2ccccc2n1Cc1ccccc1F. The number of fused-ring (bicyclic) bond motifs is 1. The second-order valence-corrected chi connectivity index (χ2v) is 7.09. The molecule has 1 heterocycles. The van der Waals surface area contributed by atoms with E-state index in [1.807, 2.05) is 72.2 Å². The van der Waals surface area contributed by atoms with Gasteiger partial charge in [0.05, 0.1) is 30.0 Å². The van der Waals surface area contributed by atoms with E-state index in [1.165, 1.54) is 6.07 Å². The summed E-state index contributed by atoms with van der Waals surface area (Å²) in [6.07, 6.45) is 0.304. The van der Waals surface area contributed by atoms with Crippen LogP contribution in [0.1, 0.15) is 29.9 Å². The van der Waals surface area contributed by atoms with E-state index >= 15 is 0 Å². The number of hydrogen-bond donors (Lipinski definition) is 1. The van der Waals surface area contributed by atoms with Gasteiger partial charge in [0.25, 0.3) is 0 Å². The zero-order valence-corrected chi connectivity index (χ0v) is 16.2. The van der Waals surface area contributed by atoms with Gasteiger partial charge in [-0.1, -0.05) is 60.7 Å². The molecule has 0 aliphatic rings. The number of hydrogen-bond acceptors (Lipinski definition) is 2. The lowest BCUT2D eigenvalue weighted by atomic mass is 10.1. The summed E-state index contributed by atoms with van der Waals surface area (Å²) in [6.45, 7) is 2.25. The third kappa shape index (κ3) is 4.19. The molecule has 29 heavy (non-hydrogen) atoms. The molecule has 0 saturated carbocycles. The second kappa shape index (κ2) is 8.27. The lowest BCUT2D eigenvalue weighted by molar-refractivity contribution is -0.121. The van der Waals surface area contributed by atoms with E-state index in [-0.39, 0.29) is 17.8 Å². The van der Waals surface area contributed by atoms with Gasteiger partial charge < -0.3 is 9.88 Å². The van der Waals surface area contributed by atoms with Gasteiger partial charge in [0.1, 0.15) is 11.6 Å². The smallest absolute Gasteiger partial charge is 0.224 e. The Morgan fingerprint density at radius 1 is 1.00 bits per heavy atom. The van der Waals surface area contributed by atoms with Gasteiger partial charge in [0.2, 0.25) is 5.91 Å². The van der Waals surface area contributed by atoms with Crippen molar-refractivity contribution in [2.24, 2.45) is 0 Å². The van der Waals surface area contributed by atoms with Crippen LogP contribution < -0.4 is 5.32 Å². The summed E-state index contributed by atoms with van der Waals surface area (Å²) in [5, 5.41) is 3.03. The summed E-state index contributed by atoms with van der Waals surface area (Å²) < 4.78 is 16.2. The van der Waals surface area contributed by atoms with Crippen molar-refractivity contribution in [1.29, 1.82) is 0 Å². The van der Waals surface area contributed by atoms with Gasteiger partial charge in [0, 0.05) is 5.56 Å². The average molecular weight is 387 g/mol. The maximum Gasteiger partial charge on any atom is 0.224 e. The van der Waals surface area contributed by atoms with Crippen molar-refractivity contribution in [1.82, 2.24) is 14.9 Å². The Bertz CT molecular complexity index is 1140. The Morgan fingerprint density at radius 3 is 2.48 bits per heavy atom. The Labute approximate surface area is 169 Å². The standard InChI is InChI=1S/C24H22FN3O/c1-17(26-23(29)15-18-9-3-2-4-10-18)24-27-21-13-7-8-14-22(21)28(24)16-19-11-5-6-12-20(19)25/h2-14,17H,15-16H2,1H3,(H,26,29). The first-order chi connectivity index (χ1) is 14.1. The number of amides is 1. The quantitative estimate of drug-likeness (QED) is 0.524. The highest BCUT2D eigenvalue weighted by atomic mass is 19.1. The molecule has 0 spiro atoms. The number of carbonyl (C=O) groups is 1. The van der Waals surface area contributed by atoms with Crippen LogP contribution in [0.25, 0.3) is 11.0 Å². The number of imidazole rings is 1. The second-order valence-electron chi connectivity index (χ2n) is 7.09. The van der Waals surface area contributed by atoms with Crippen LogP contribution in [-0.2, 0) is 17.8 Å². The first-order valence-electron chi connectivity index (χ1n) is 9.63. The van der Waals surface area contributed by atoms with Crippen molar-refractivity contribution >= 4 is 16.9 Å². The molecular weight excluding hydrogens is 365 g/mol. The minimum Gasteiger partial charge on any atom is -0.346 e. The van der Waals surface area contributed by atoms with Gasteiger partial charge in [-0.2, -0.15) is 0 Å². The van der Waals surface area contributed by atoms with Crippen LogP contribution in [0.3, 0.4) is 0 Å². The summed E-state index contributed by atoms with van der Waals surface area (Å²) in [4.78, 5) is 17.3. The lowest BCUT2D eigenvalue weighted by Gasteiger charge is -2.17. The van der Waals surface area contributed by atoms with Gasteiger partial charge in [-0.05, 0) is 30.7 Å². The topological polar surface area (TPSA) is 46.9 Å². The summed E-state index contributed by atoms with van der Waals surface area (Å²) >= 11 is 0. The Morgan fingerprint density at radius 2 is 1.69 bits per heavy atom. The minimum absolute atomic E-state index is 0.0757. The fourth-order valence-corrected chi connectivity index (χ4v) is 3.53. The van der Waals surface area contributed by atoms with Gasteiger partial charge in [-0.3, -0.25) is 4.79 Å². The molecule has 0 bridgehead atoms. The van der Waals surface area contributed by atoms with Crippen LogP contribution in [0.5, 0.6) is 0 Å². The third-order valence-corrected chi connectivity index (χ3v) is 4.94. The number of carbonyl (C=O) groups excluding carboxylic acids is 1. The van der Waals surface area contributed by atoms with Gasteiger partial charge >= 0.3 is 0 Å². The number of rotatable bonds is 6. The van der Waals surface area contributed by atoms with E-state index in [0.29, 0.717) is 24.4 Å². The highest BCUT2D eigenvalue weighted by Gasteiger charge is 2.19. The largest absolute Gasteiger partial charge is 0.346 e. The Balaban J connectivity index is 1.62. The molecule has 0 saturated heterocycles. The average Bonchev–Trinajstić information content (AvgIpc) is 3.09. The molecule has 0 aliphatic carbocycles. The molecular formula is C24H22FN3O. The van der Waals surface area contributed by atoms with Crippen molar-refractivity contribution in [2.75, 3.05) is 0 Å². The highest BCUT2D eigenvalue weighted by Crippen LogP contribution is 2.23. The highest BCUT2D eigenvalue weighted by molar-refractivity contribution is 5.79. The van der Waals surface area contributed by atoms with Crippen molar-refractivity contribution in [3.63, 3.8) is 0 Å². The molecule has 1 unspecified atom stereocenters. The molecule has 0 aliphatic heterocycles. The van der Waals surface area contributed by atoms with E-state index < -0.39 is 0 Å². The van der Waals surface area contributed by atoms with Crippen LogP contribution in [0.15, 0.2) is 78.9 Å². The minimum atomic E-state index is -0.314. The molecule has 4 rings (SSSR count). The van der Waals surface area contributed by atoms with Crippen molar-refractivity contribution in [2.45, 2.75) is 25.9 Å². The van der Waals surface area contributed by atoms with E-state index in [2.05, 4.69) is 5.32 Å². The number of halogens is 1. The van der Waals surface area contributed by atoms with Gasteiger partial charge in [-0.25, -0.2) is 9.37 Å². The predicted molar refractivity (Wildman–Crippen MR) is 112 cm³/mol. The molecule has 4 nitrogen and oxygen atoms in total. The van der Waals surface area contributed by atoms with E-state index in [0.717, 1.165) is 16.6 Å². The summed E-state index contributed by atoms with van der Waals surface area (Å²) in [7, 11) is 0. The molecule has 5 heteroatoms. The summed E-state index contributed by atoms with van der Waals surface area (Å²) in [5.41, 5.74) is 3.27. The molecule has 0 fully saturated rings. The molecule has 4 aromatic rings. The van der Waals surface area contributed by atoms with Crippen LogP contribution in [0, 0.1) is 5.82 Å². The molecule has 1 amide bonds. The number of nitrogens with zero attached hydrogens (tertiary/aromatic N) is 2. The zero-order chi connectivity index (χ0) is 20.2. The lowest BCUT2D eigenvalue weighted by Crippen LogP contribution is -2.30. The van der Waals surface area contributed by atoms with Gasteiger partial charge in [-0.15, -0.1) is 0 Å². The van der Waals surface area contributed by atoms with Crippen LogP contribution in [-0.4, -0.2) is 15.5 Å². The van der Waals surface area contributed by atoms with Crippen molar-refractivity contribution in [3.05, 3.63) is 102 Å². The third-order valence-electron chi connectivity index (χ3n) is 4.94. The monoisotopic (exact) mass is 387 g/mol. The molecule has 146 valence electrons. The van der Waals surface area contributed by atoms with Crippen LogP contribution in [0.2, 0.25) is 0 Å². The number of aromatic nitrogens is 2. The van der Waals surface area contributed by atoms with E-state index in [9.17, 15) is 9.18 Å². The number of para-hydroxylation sites is 2. The normalized spacial score (nSPS) is 12.1. The fourth-order valence-electron chi connectivity index (χ4n) is 3.53. The number of benzene rings is 3. The zero-order valence-electron chi connectivity index (χ0n) is 16.2. The summed E-state index contributed by atoms with van der Waals surface area (Å²) in [5.74, 6) is 0.376. The van der Waals surface area contributed by atoms with Gasteiger partial charge in [0.15, 0.2) is 0 Å². The molecule has 3 aromatic carbocycles. The molecule has 1 atom stereocenters. The Hall–Kier alpha value is -3.47. The fraction of sp³-hybridized carbons (Fsp3) is 0.167. The molecule has 1 N–H and O–H groups in total. The van der Waals surface area contributed by atoms with Crippen LogP contribution in [0.4, 0.5) is 4.39 Å². The first kappa shape index (κ1) is 18.9. The first-order valence-corrected chi connectivity index (χ1v) is 9.63. The Kier molecular flexibility index (Phi) is 5.38.